The predicted molar refractivity (Wildman–Crippen MR) is 66.6 cm³/mol. The Bertz CT molecular complexity index is 384. The number of rotatable bonds is 4. The third-order valence-corrected chi connectivity index (χ3v) is 3.16. The molecular formula is C11H19N5O. The molecule has 0 bridgehead atoms. The average Bonchev–Trinajstić information content (AvgIpc) is 2.80. The number of aromatic nitrogens is 2. The van der Waals surface area contributed by atoms with E-state index in [4.69, 9.17) is 10.6 Å². The third kappa shape index (κ3) is 2.83. The van der Waals surface area contributed by atoms with Crippen LogP contribution in [0.2, 0.25) is 0 Å². The van der Waals surface area contributed by atoms with Gasteiger partial charge < -0.3 is 10.1 Å². The molecule has 17 heavy (non-hydrogen) atoms. The first-order valence-corrected chi connectivity index (χ1v) is 5.82. The summed E-state index contributed by atoms with van der Waals surface area (Å²) in [6, 6.07) is 0.416. The van der Waals surface area contributed by atoms with Crippen LogP contribution < -0.4 is 16.6 Å². The van der Waals surface area contributed by atoms with E-state index in [0.717, 1.165) is 30.6 Å². The van der Waals surface area contributed by atoms with Crippen molar-refractivity contribution in [2.75, 3.05) is 17.9 Å². The maximum Gasteiger partial charge on any atom is 0.239 e. The van der Waals surface area contributed by atoms with E-state index in [1.165, 1.54) is 0 Å². The molecule has 1 aromatic heterocycles. The SMILES string of the molecule is COC1CCC(Nc2nc(NN)ncc2C)C1. The molecule has 0 amide bonds. The fourth-order valence-electron chi connectivity index (χ4n) is 2.14. The number of anilines is 2. The van der Waals surface area contributed by atoms with E-state index in [1.807, 2.05) is 6.92 Å². The van der Waals surface area contributed by atoms with Crippen LogP contribution >= 0.6 is 0 Å². The lowest BCUT2D eigenvalue weighted by molar-refractivity contribution is 0.108. The van der Waals surface area contributed by atoms with Crippen molar-refractivity contribution in [2.24, 2.45) is 5.84 Å². The maximum absolute atomic E-state index is 5.35. The summed E-state index contributed by atoms with van der Waals surface area (Å²) in [5, 5.41) is 3.42. The van der Waals surface area contributed by atoms with E-state index in [1.54, 1.807) is 13.3 Å². The van der Waals surface area contributed by atoms with Crippen molar-refractivity contribution in [2.45, 2.75) is 38.3 Å². The highest BCUT2D eigenvalue weighted by atomic mass is 16.5. The Morgan fingerprint density at radius 2 is 2.29 bits per heavy atom. The highest BCUT2D eigenvalue weighted by Gasteiger charge is 2.24. The van der Waals surface area contributed by atoms with E-state index < -0.39 is 0 Å². The van der Waals surface area contributed by atoms with Gasteiger partial charge in [-0.2, -0.15) is 4.98 Å². The van der Waals surface area contributed by atoms with Crippen molar-refractivity contribution >= 4 is 11.8 Å². The van der Waals surface area contributed by atoms with Crippen molar-refractivity contribution < 1.29 is 4.74 Å². The number of nitrogens with one attached hydrogen (secondary N) is 2. The Hall–Kier alpha value is -1.40. The molecule has 2 atom stereocenters. The molecule has 0 aliphatic heterocycles. The fourth-order valence-corrected chi connectivity index (χ4v) is 2.14. The first-order chi connectivity index (χ1) is 8.22. The summed E-state index contributed by atoms with van der Waals surface area (Å²) in [6.45, 7) is 1.98. The molecule has 2 unspecified atom stereocenters. The van der Waals surface area contributed by atoms with Crippen LogP contribution in [0, 0.1) is 6.92 Å². The standard InChI is InChI=1S/C11H19N5O/c1-7-6-13-11(16-12)15-10(7)14-8-3-4-9(5-8)17-2/h6,8-9H,3-5,12H2,1-2H3,(H2,13,14,15,16). The summed E-state index contributed by atoms with van der Waals surface area (Å²) in [4.78, 5) is 8.36. The molecule has 1 aliphatic rings. The van der Waals surface area contributed by atoms with Gasteiger partial charge in [0.05, 0.1) is 6.10 Å². The Morgan fingerprint density at radius 1 is 1.47 bits per heavy atom. The normalized spacial score (nSPS) is 23.7. The summed E-state index contributed by atoms with van der Waals surface area (Å²) >= 11 is 0. The molecule has 94 valence electrons. The number of hydrazine groups is 1. The molecule has 1 aliphatic carbocycles. The molecular weight excluding hydrogens is 218 g/mol. The maximum atomic E-state index is 5.35. The van der Waals surface area contributed by atoms with Crippen LogP contribution in [0.1, 0.15) is 24.8 Å². The molecule has 1 saturated carbocycles. The number of aryl methyl sites for hydroxylation is 1. The molecule has 6 nitrogen and oxygen atoms in total. The second-order valence-corrected chi connectivity index (χ2v) is 4.38. The zero-order valence-electron chi connectivity index (χ0n) is 10.2. The van der Waals surface area contributed by atoms with E-state index in [2.05, 4.69) is 20.7 Å². The van der Waals surface area contributed by atoms with Crippen molar-refractivity contribution in [3.63, 3.8) is 0 Å². The van der Waals surface area contributed by atoms with E-state index in [9.17, 15) is 0 Å². The van der Waals surface area contributed by atoms with Gasteiger partial charge in [-0.15, -0.1) is 0 Å². The highest BCUT2D eigenvalue weighted by Crippen LogP contribution is 2.25. The van der Waals surface area contributed by atoms with Gasteiger partial charge in [-0.1, -0.05) is 0 Å². The summed E-state index contributed by atoms with van der Waals surface area (Å²) in [5.41, 5.74) is 3.47. The number of nitrogens with zero attached hydrogens (tertiary/aromatic N) is 2. The summed E-state index contributed by atoms with van der Waals surface area (Å²) in [5.74, 6) is 6.57. The molecule has 1 heterocycles. The fraction of sp³-hybridized carbons (Fsp3) is 0.636. The second kappa shape index (κ2) is 5.29. The minimum absolute atomic E-state index is 0.363. The number of nitrogen functional groups attached to an aromatic ring is 1. The topological polar surface area (TPSA) is 85.1 Å². The quantitative estimate of drug-likeness (QED) is 0.536. The number of methoxy groups -OCH3 is 1. The van der Waals surface area contributed by atoms with Gasteiger partial charge in [0, 0.05) is 24.9 Å². The molecule has 0 aromatic carbocycles. The van der Waals surface area contributed by atoms with E-state index in [0.29, 0.717) is 18.1 Å². The van der Waals surface area contributed by atoms with Crippen LogP contribution in [0.5, 0.6) is 0 Å². The van der Waals surface area contributed by atoms with Crippen LogP contribution in [0.3, 0.4) is 0 Å². The molecule has 0 saturated heterocycles. The van der Waals surface area contributed by atoms with Gasteiger partial charge in [-0.25, -0.2) is 10.8 Å². The predicted octanol–water partition coefficient (Wildman–Crippen LogP) is 1.05. The van der Waals surface area contributed by atoms with Crippen molar-refractivity contribution in [3.05, 3.63) is 11.8 Å². The number of hydrogen-bond donors (Lipinski definition) is 3. The number of ether oxygens (including phenoxy) is 1. The summed E-state index contributed by atoms with van der Waals surface area (Å²) < 4.78 is 5.35. The third-order valence-electron chi connectivity index (χ3n) is 3.16. The van der Waals surface area contributed by atoms with Gasteiger partial charge in [0.2, 0.25) is 5.95 Å². The van der Waals surface area contributed by atoms with Gasteiger partial charge in [-0.3, -0.25) is 5.43 Å². The van der Waals surface area contributed by atoms with Crippen molar-refractivity contribution in [1.82, 2.24) is 9.97 Å². The first kappa shape index (κ1) is 12.1. The van der Waals surface area contributed by atoms with Gasteiger partial charge in [0.15, 0.2) is 0 Å². The smallest absolute Gasteiger partial charge is 0.239 e. The lowest BCUT2D eigenvalue weighted by atomic mass is 10.2. The van der Waals surface area contributed by atoms with Crippen LogP contribution in [0.15, 0.2) is 6.20 Å². The Balaban J connectivity index is 2.03. The van der Waals surface area contributed by atoms with Crippen LogP contribution in [-0.2, 0) is 4.74 Å². The van der Waals surface area contributed by atoms with Gasteiger partial charge in [-0.05, 0) is 26.2 Å². The Labute approximate surface area is 101 Å². The lowest BCUT2D eigenvalue weighted by Crippen LogP contribution is -2.20. The summed E-state index contributed by atoms with van der Waals surface area (Å²) in [7, 11) is 1.76. The zero-order valence-corrected chi connectivity index (χ0v) is 10.2. The largest absolute Gasteiger partial charge is 0.381 e. The van der Waals surface area contributed by atoms with Crippen LogP contribution in [-0.4, -0.2) is 29.2 Å². The molecule has 2 rings (SSSR count). The minimum atomic E-state index is 0.363. The molecule has 1 fully saturated rings. The molecule has 0 spiro atoms. The second-order valence-electron chi connectivity index (χ2n) is 4.38. The monoisotopic (exact) mass is 237 g/mol. The van der Waals surface area contributed by atoms with Crippen LogP contribution in [0.25, 0.3) is 0 Å². The highest BCUT2D eigenvalue weighted by molar-refractivity contribution is 5.46. The molecule has 0 radical (unpaired) electrons. The van der Waals surface area contributed by atoms with Crippen LogP contribution in [0.4, 0.5) is 11.8 Å². The van der Waals surface area contributed by atoms with Gasteiger partial charge in [0.25, 0.3) is 0 Å². The molecule has 4 N–H and O–H groups in total. The number of nitrogens with two attached hydrogens (primary N) is 1. The first-order valence-electron chi connectivity index (χ1n) is 5.82. The van der Waals surface area contributed by atoms with E-state index >= 15 is 0 Å². The zero-order chi connectivity index (χ0) is 12.3. The van der Waals surface area contributed by atoms with Crippen molar-refractivity contribution in [1.29, 1.82) is 0 Å². The molecule has 1 aromatic rings. The van der Waals surface area contributed by atoms with Gasteiger partial charge >= 0.3 is 0 Å². The number of hydrogen-bond acceptors (Lipinski definition) is 6. The lowest BCUT2D eigenvalue weighted by Gasteiger charge is -2.15. The minimum Gasteiger partial charge on any atom is -0.381 e. The molecule has 6 heteroatoms. The van der Waals surface area contributed by atoms with E-state index in [-0.39, 0.29) is 0 Å². The summed E-state index contributed by atoms with van der Waals surface area (Å²) in [6.07, 6.45) is 5.34. The van der Waals surface area contributed by atoms with Crippen molar-refractivity contribution in [3.8, 4) is 0 Å². The Morgan fingerprint density at radius 3 is 2.94 bits per heavy atom. The van der Waals surface area contributed by atoms with Gasteiger partial charge in [0.1, 0.15) is 5.82 Å². The average molecular weight is 237 g/mol. The Kier molecular flexibility index (Phi) is 3.75.